The number of halogens is 1. The molecule has 0 aromatic heterocycles. The zero-order valence-corrected chi connectivity index (χ0v) is 5.26. The molecule has 3 heteroatoms. The van der Waals surface area contributed by atoms with Crippen LogP contribution in [0.25, 0.3) is 0 Å². The smallest absolute Gasteiger partial charge is 0.128 e. The molecule has 0 N–H and O–H groups in total. The van der Waals surface area contributed by atoms with Crippen molar-refractivity contribution in [1.82, 2.24) is 10.0 Å². The fraction of sp³-hybridized carbons (Fsp3) is 1.00. The van der Waals surface area contributed by atoms with Gasteiger partial charge in [-0.25, -0.2) is 14.4 Å². The average molecular weight is 118 g/mol. The van der Waals surface area contributed by atoms with Crippen molar-refractivity contribution in [2.24, 2.45) is 0 Å². The van der Waals surface area contributed by atoms with Crippen molar-refractivity contribution in [3.63, 3.8) is 0 Å². The first kappa shape index (κ1) is 5.98. The predicted molar refractivity (Wildman–Crippen MR) is 30.2 cm³/mol. The standard InChI is InChI=1S/C5H11FN2/c1-7-3-5(6)4-8(7)2/h5H,3-4H2,1-2H3. The largest absolute Gasteiger partial charge is 0.245 e. The van der Waals surface area contributed by atoms with E-state index in [-0.39, 0.29) is 0 Å². The van der Waals surface area contributed by atoms with Crippen LogP contribution in [0.2, 0.25) is 0 Å². The molecule has 1 fully saturated rings. The van der Waals surface area contributed by atoms with Gasteiger partial charge in [0.2, 0.25) is 0 Å². The molecule has 8 heavy (non-hydrogen) atoms. The van der Waals surface area contributed by atoms with Crippen molar-refractivity contribution in [3.8, 4) is 0 Å². The van der Waals surface area contributed by atoms with Gasteiger partial charge in [0.05, 0.1) is 0 Å². The van der Waals surface area contributed by atoms with E-state index in [0.29, 0.717) is 13.1 Å². The van der Waals surface area contributed by atoms with Gasteiger partial charge in [0, 0.05) is 27.2 Å². The van der Waals surface area contributed by atoms with Crippen LogP contribution in [0.3, 0.4) is 0 Å². The van der Waals surface area contributed by atoms with E-state index in [1.54, 1.807) is 0 Å². The van der Waals surface area contributed by atoms with Gasteiger partial charge in [0.25, 0.3) is 0 Å². The molecule has 0 spiro atoms. The number of rotatable bonds is 0. The van der Waals surface area contributed by atoms with Crippen LogP contribution in [0.4, 0.5) is 4.39 Å². The van der Waals surface area contributed by atoms with E-state index in [9.17, 15) is 4.39 Å². The third-order valence-corrected chi connectivity index (χ3v) is 1.51. The van der Waals surface area contributed by atoms with Gasteiger partial charge in [-0.2, -0.15) is 0 Å². The van der Waals surface area contributed by atoms with Gasteiger partial charge in [0.15, 0.2) is 0 Å². The molecule has 0 atom stereocenters. The van der Waals surface area contributed by atoms with E-state index < -0.39 is 6.17 Å². The summed E-state index contributed by atoms with van der Waals surface area (Å²) in [5, 5.41) is 3.76. The number of hydrogen-bond donors (Lipinski definition) is 0. The summed E-state index contributed by atoms with van der Waals surface area (Å²) in [6.07, 6.45) is -0.648. The highest BCUT2D eigenvalue weighted by Gasteiger charge is 2.22. The van der Waals surface area contributed by atoms with E-state index >= 15 is 0 Å². The Morgan fingerprint density at radius 1 is 1.25 bits per heavy atom. The van der Waals surface area contributed by atoms with Crippen LogP contribution in [0.5, 0.6) is 0 Å². The van der Waals surface area contributed by atoms with Gasteiger partial charge in [-0.3, -0.25) is 0 Å². The number of alkyl halides is 1. The van der Waals surface area contributed by atoms with Gasteiger partial charge in [-0.1, -0.05) is 0 Å². The summed E-state index contributed by atoms with van der Waals surface area (Å²) in [6, 6.07) is 0. The maximum Gasteiger partial charge on any atom is 0.128 e. The van der Waals surface area contributed by atoms with Crippen LogP contribution in [-0.4, -0.2) is 43.4 Å². The second-order valence-corrected chi connectivity index (χ2v) is 2.28. The lowest BCUT2D eigenvalue weighted by molar-refractivity contribution is 0.0894. The molecule has 1 aliphatic rings. The Labute approximate surface area is 48.8 Å². The second-order valence-electron chi connectivity index (χ2n) is 2.28. The summed E-state index contributed by atoms with van der Waals surface area (Å²) in [6.45, 7) is 1.10. The number of hydrogen-bond acceptors (Lipinski definition) is 2. The van der Waals surface area contributed by atoms with Gasteiger partial charge < -0.3 is 0 Å². The minimum atomic E-state index is -0.648. The molecule has 0 aromatic rings. The van der Waals surface area contributed by atoms with Crippen LogP contribution in [0, 0.1) is 0 Å². The molecule has 0 aliphatic carbocycles. The summed E-state index contributed by atoms with van der Waals surface area (Å²) < 4.78 is 12.3. The highest BCUT2D eigenvalue weighted by molar-refractivity contribution is 4.69. The van der Waals surface area contributed by atoms with Crippen LogP contribution in [0.1, 0.15) is 0 Å². The van der Waals surface area contributed by atoms with Crippen LogP contribution >= 0.6 is 0 Å². The molecule has 0 aromatic carbocycles. The molecule has 0 unspecified atom stereocenters. The molecule has 0 saturated carbocycles. The third-order valence-electron chi connectivity index (χ3n) is 1.51. The first-order valence-electron chi connectivity index (χ1n) is 2.76. The molecule has 48 valence electrons. The van der Waals surface area contributed by atoms with E-state index in [0.717, 1.165) is 0 Å². The lowest BCUT2D eigenvalue weighted by atomic mass is 10.4. The molecule has 0 bridgehead atoms. The number of hydrazine groups is 1. The molecular formula is C5H11FN2. The fourth-order valence-electron chi connectivity index (χ4n) is 0.910. The Bertz CT molecular complexity index is 76.5. The summed E-state index contributed by atoms with van der Waals surface area (Å²) >= 11 is 0. The van der Waals surface area contributed by atoms with Crippen molar-refractivity contribution >= 4 is 0 Å². The molecule has 1 saturated heterocycles. The van der Waals surface area contributed by atoms with Gasteiger partial charge in [0.1, 0.15) is 6.17 Å². The van der Waals surface area contributed by atoms with Crippen molar-refractivity contribution < 1.29 is 4.39 Å². The Morgan fingerprint density at radius 2 is 1.62 bits per heavy atom. The average Bonchev–Trinajstić information content (AvgIpc) is 1.85. The molecule has 2 nitrogen and oxygen atoms in total. The third kappa shape index (κ3) is 0.980. The van der Waals surface area contributed by atoms with Gasteiger partial charge >= 0.3 is 0 Å². The molecule has 1 aliphatic heterocycles. The van der Waals surface area contributed by atoms with Crippen LogP contribution in [-0.2, 0) is 0 Å². The normalized spacial score (nSPS) is 27.4. The summed E-state index contributed by atoms with van der Waals surface area (Å²) in [4.78, 5) is 0. The number of nitrogens with zero attached hydrogens (tertiary/aromatic N) is 2. The van der Waals surface area contributed by atoms with E-state index in [1.807, 2.05) is 24.1 Å². The Morgan fingerprint density at radius 3 is 1.75 bits per heavy atom. The van der Waals surface area contributed by atoms with Crippen molar-refractivity contribution in [2.45, 2.75) is 6.17 Å². The molecule has 0 amide bonds. The minimum Gasteiger partial charge on any atom is -0.245 e. The highest BCUT2D eigenvalue weighted by Crippen LogP contribution is 2.07. The van der Waals surface area contributed by atoms with Crippen molar-refractivity contribution in [1.29, 1.82) is 0 Å². The zero-order chi connectivity index (χ0) is 6.15. The quantitative estimate of drug-likeness (QED) is 0.445. The lowest BCUT2D eigenvalue weighted by Crippen LogP contribution is -2.28. The van der Waals surface area contributed by atoms with Crippen molar-refractivity contribution in [2.75, 3.05) is 27.2 Å². The summed E-state index contributed by atoms with van der Waals surface area (Å²) in [5.41, 5.74) is 0. The Hall–Kier alpha value is -0.150. The summed E-state index contributed by atoms with van der Waals surface area (Å²) in [7, 11) is 3.78. The first-order chi connectivity index (χ1) is 3.70. The van der Waals surface area contributed by atoms with E-state index in [4.69, 9.17) is 0 Å². The molecular weight excluding hydrogens is 107 g/mol. The molecule has 0 radical (unpaired) electrons. The zero-order valence-electron chi connectivity index (χ0n) is 5.26. The van der Waals surface area contributed by atoms with Gasteiger partial charge in [-0.05, 0) is 0 Å². The lowest BCUT2D eigenvalue weighted by Gasteiger charge is -2.16. The topological polar surface area (TPSA) is 6.48 Å². The maximum atomic E-state index is 12.3. The minimum absolute atomic E-state index is 0.552. The van der Waals surface area contributed by atoms with E-state index in [2.05, 4.69) is 0 Å². The highest BCUT2D eigenvalue weighted by atomic mass is 19.1. The Kier molecular flexibility index (Phi) is 1.49. The second kappa shape index (κ2) is 1.99. The summed E-state index contributed by atoms with van der Waals surface area (Å²) in [5.74, 6) is 0. The van der Waals surface area contributed by atoms with E-state index in [1.165, 1.54) is 0 Å². The maximum absolute atomic E-state index is 12.3. The van der Waals surface area contributed by atoms with Crippen molar-refractivity contribution in [3.05, 3.63) is 0 Å². The Balaban J connectivity index is 2.39. The SMILES string of the molecule is CN1CC(F)CN1C. The molecule has 1 rings (SSSR count). The van der Waals surface area contributed by atoms with Crippen LogP contribution in [0.15, 0.2) is 0 Å². The molecule has 1 heterocycles. The first-order valence-corrected chi connectivity index (χ1v) is 2.76. The monoisotopic (exact) mass is 118 g/mol. The predicted octanol–water partition coefficient (Wildman–Crippen LogP) is 0.117. The van der Waals surface area contributed by atoms with Gasteiger partial charge in [-0.15, -0.1) is 0 Å². The fourth-order valence-corrected chi connectivity index (χ4v) is 0.910. The van der Waals surface area contributed by atoms with Crippen LogP contribution < -0.4 is 0 Å².